The highest BCUT2D eigenvalue weighted by Gasteiger charge is 2.63. The molecule has 2 bridgehead atoms. The van der Waals surface area contributed by atoms with Gasteiger partial charge in [-0.1, -0.05) is 25.1 Å². The van der Waals surface area contributed by atoms with Crippen LogP contribution in [-0.2, 0) is 11.2 Å². The molecule has 2 N–H and O–H groups in total. The number of benzene rings is 2. The third-order valence-corrected chi connectivity index (χ3v) is 8.05. The number of nitrogens with one attached hydrogen (secondary N) is 1. The van der Waals surface area contributed by atoms with Crippen LogP contribution in [0.1, 0.15) is 61.0 Å². The summed E-state index contributed by atoms with van der Waals surface area (Å²) in [5.41, 5.74) is 3.30. The minimum atomic E-state index is -1.16. The van der Waals surface area contributed by atoms with Crippen LogP contribution in [0.3, 0.4) is 0 Å². The number of rotatable bonds is 5. The highest BCUT2D eigenvalue weighted by molar-refractivity contribution is 5.86. The van der Waals surface area contributed by atoms with E-state index < -0.39 is 23.6 Å². The molecule has 0 unspecified atom stereocenters. The predicted molar refractivity (Wildman–Crippen MR) is 123 cm³/mol. The van der Waals surface area contributed by atoms with E-state index in [9.17, 15) is 4.79 Å². The second kappa shape index (κ2) is 7.26. The number of para-hydroxylation sites is 1. The summed E-state index contributed by atoms with van der Waals surface area (Å²) in [5.74, 6) is -1.69. The van der Waals surface area contributed by atoms with Crippen LogP contribution in [0, 0.1) is 17.6 Å². The van der Waals surface area contributed by atoms with E-state index in [0.29, 0.717) is 0 Å². The van der Waals surface area contributed by atoms with Gasteiger partial charge in [0, 0.05) is 39.8 Å². The Hall–Kier alpha value is -2.99. The highest BCUT2D eigenvalue weighted by Crippen LogP contribution is 2.64. The molecule has 0 amide bonds. The smallest absolute Gasteiger partial charge is 0.328 e. The van der Waals surface area contributed by atoms with Crippen molar-refractivity contribution in [1.82, 2.24) is 9.88 Å². The van der Waals surface area contributed by atoms with Gasteiger partial charge in [-0.05, 0) is 73.4 Å². The molecule has 170 valence electrons. The molecule has 3 aromatic rings. The van der Waals surface area contributed by atoms with Crippen molar-refractivity contribution in [3.63, 3.8) is 0 Å². The molecule has 4 nitrogen and oxygen atoms in total. The lowest BCUT2D eigenvalue weighted by Crippen LogP contribution is -2.71. The Bertz CT molecular complexity index is 1270. The van der Waals surface area contributed by atoms with Crippen molar-refractivity contribution in [3.05, 3.63) is 76.5 Å². The number of nitrogens with zero attached hydrogens (tertiary/aromatic N) is 1. The normalized spacial score (nSPS) is 28.5. The molecule has 2 atom stereocenters. The number of H-pyrrole nitrogens is 1. The molecule has 3 aliphatic carbocycles. The van der Waals surface area contributed by atoms with Gasteiger partial charge in [-0.2, -0.15) is 0 Å². The molecule has 4 aliphatic rings. The number of aromatic amines is 1. The van der Waals surface area contributed by atoms with Crippen LogP contribution < -0.4 is 0 Å². The standard InChI is InChI=1S/C27H26F2N2O2/c1-2-17-11-19-18-5-3-4-6-22(18)30-25(19)26(31(17)27-12-16(13-27)14-27)24-20(28)9-15(10-21(24)29)7-8-23(32)33/h3-10,16-17,26,30H,2,11-14H2,1H3,(H,32,33)/b8-7+/t16?,17-,26-,27?/m0/s1. The lowest BCUT2D eigenvalue weighted by molar-refractivity contribution is -0.177. The summed E-state index contributed by atoms with van der Waals surface area (Å²) in [6.45, 7) is 2.16. The fraction of sp³-hybridized carbons (Fsp3) is 0.370. The first kappa shape index (κ1) is 20.6. The number of carboxylic acid groups (broad SMARTS) is 1. The van der Waals surface area contributed by atoms with Gasteiger partial charge in [-0.3, -0.25) is 4.90 Å². The quantitative estimate of drug-likeness (QED) is 0.484. The SMILES string of the molecule is CC[C@H]1Cc2c([nH]c3ccccc23)[C@H](c2c(F)cc(/C=C/C(=O)O)cc2F)N1C12CC(C1)C2. The topological polar surface area (TPSA) is 56.3 Å². The van der Waals surface area contributed by atoms with Gasteiger partial charge in [-0.15, -0.1) is 0 Å². The highest BCUT2D eigenvalue weighted by atomic mass is 19.1. The first-order valence-corrected chi connectivity index (χ1v) is 11.7. The van der Waals surface area contributed by atoms with Crippen LogP contribution in [0.5, 0.6) is 0 Å². The molecule has 2 heterocycles. The Morgan fingerprint density at radius 2 is 1.91 bits per heavy atom. The summed E-state index contributed by atoms with van der Waals surface area (Å²) >= 11 is 0. The van der Waals surface area contributed by atoms with Crippen molar-refractivity contribution >= 4 is 22.9 Å². The van der Waals surface area contributed by atoms with Gasteiger partial charge in [0.2, 0.25) is 0 Å². The lowest BCUT2D eigenvalue weighted by atomic mass is 9.48. The Morgan fingerprint density at radius 3 is 2.52 bits per heavy atom. The zero-order chi connectivity index (χ0) is 22.9. The zero-order valence-electron chi connectivity index (χ0n) is 18.4. The van der Waals surface area contributed by atoms with Crippen LogP contribution in [0.15, 0.2) is 42.5 Å². The molecule has 0 radical (unpaired) electrons. The third kappa shape index (κ3) is 3.00. The van der Waals surface area contributed by atoms with E-state index in [-0.39, 0.29) is 22.7 Å². The van der Waals surface area contributed by atoms with Gasteiger partial charge >= 0.3 is 5.97 Å². The van der Waals surface area contributed by atoms with Crippen LogP contribution in [0.4, 0.5) is 8.78 Å². The number of carbonyl (C=O) groups is 1. The van der Waals surface area contributed by atoms with E-state index in [2.05, 4.69) is 22.9 Å². The number of fused-ring (bicyclic) bond motifs is 3. The maximum atomic E-state index is 15.6. The Labute approximate surface area is 190 Å². The molecular weight excluding hydrogens is 422 g/mol. The first-order chi connectivity index (χ1) is 15.9. The van der Waals surface area contributed by atoms with Gasteiger partial charge in [0.15, 0.2) is 0 Å². The summed E-state index contributed by atoms with van der Waals surface area (Å²) in [4.78, 5) is 16.8. The van der Waals surface area contributed by atoms with Crippen LogP contribution >= 0.6 is 0 Å². The molecule has 3 fully saturated rings. The molecule has 3 saturated carbocycles. The van der Waals surface area contributed by atoms with Crippen molar-refractivity contribution in [2.24, 2.45) is 5.92 Å². The third-order valence-electron chi connectivity index (χ3n) is 8.05. The minimum Gasteiger partial charge on any atom is -0.478 e. The zero-order valence-corrected chi connectivity index (χ0v) is 18.4. The number of hydrogen-bond acceptors (Lipinski definition) is 2. The molecule has 1 aliphatic heterocycles. The molecule has 0 saturated heterocycles. The van der Waals surface area contributed by atoms with Crippen molar-refractivity contribution in [3.8, 4) is 0 Å². The van der Waals surface area contributed by atoms with Gasteiger partial charge < -0.3 is 10.1 Å². The van der Waals surface area contributed by atoms with Gasteiger partial charge in [0.1, 0.15) is 11.6 Å². The molecule has 33 heavy (non-hydrogen) atoms. The predicted octanol–water partition coefficient (Wildman–Crippen LogP) is 5.82. The van der Waals surface area contributed by atoms with E-state index >= 15 is 8.78 Å². The van der Waals surface area contributed by atoms with Crippen LogP contribution in [-0.4, -0.2) is 32.5 Å². The molecule has 0 spiro atoms. The van der Waals surface area contributed by atoms with Gasteiger partial charge in [-0.25, -0.2) is 13.6 Å². The number of hydrogen-bond donors (Lipinski definition) is 2. The minimum absolute atomic E-state index is 0.0196. The molecule has 6 heteroatoms. The summed E-state index contributed by atoms with van der Waals surface area (Å²) in [7, 11) is 0. The molecule has 7 rings (SSSR count). The largest absolute Gasteiger partial charge is 0.478 e. The van der Waals surface area contributed by atoms with E-state index in [1.54, 1.807) is 0 Å². The van der Waals surface area contributed by atoms with Gasteiger partial charge in [0.05, 0.1) is 6.04 Å². The number of halogens is 2. The average molecular weight is 449 g/mol. The Kier molecular flexibility index (Phi) is 4.53. The second-order valence-electron chi connectivity index (χ2n) is 9.91. The lowest BCUT2D eigenvalue weighted by Gasteiger charge is -2.70. The maximum Gasteiger partial charge on any atom is 0.328 e. The molecule has 1 aromatic heterocycles. The number of aliphatic carboxylic acids is 1. The Morgan fingerprint density at radius 1 is 1.21 bits per heavy atom. The van der Waals surface area contributed by atoms with E-state index in [4.69, 9.17) is 5.11 Å². The fourth-order valence-electron chi connectivity index (χ4n) is 6.52. The van der Waals surface area contributed by atoms with E-state index in [1.807, 2.05) is 18.2 Å². The summed E-state index contributed by atoms with van der Waals surface area (Å²) in [6.07, 6.45) is 7.17. The monoisotopic (exact) mass is 448 g/mol. The van der Waals surface area contributed by atoms with Crippen molar-refractivity contribution < 1.29 is 18.7 Å². The van der Waals surface area contributed by atoms with E-state index in [1.165, 1.54) is 18.2 Å². The Balaban J connectivity index is 1.56. The van der Waals surface area contributed by atoms with Crippen molar-refractivity contribution in [2.45, 2.75) is 56.7 Å². The first-order valence-electron chi connectivity index (χ1n) is 11.7. The second-order valence-corrected chi connectivity index (χ2v) is 9.91. The molecular formula is C27H26F2N2O2. The van der Waals surface area contributed by atoms with Crippen LogP contribution in [0.25, 0.3) is 17.0 Å². The van der Waals surface area contributed by atoms with Crippen LogP contribution in [0.2, 0.25) is 0 Å². The summed E-state index contributed by atoms with van der Waals surface area (Å²) in [5, 5.41) is 10.0. The average Bonchev–Trinajstić information content (AvgIpc) is 3.08. The van der Waals surface area contributed by atoms with Crippen molar-refractivity contribution in [2.75, 3.05) is 0 Å². The number of aromatic nitrogens is 1. The maximum absolute atomic E-state index is 15.6. The van der Waals surface area contributed by atoms with Gasteiger partial charge in [0.25, 0.3) is 0 Å². The fourth-order valence-corrected chi connectivity index (χ4v) is 6.52. The summed E-state index contributed by atoms with van der Waals surface area (Å²) in [6, 6.07) is 10.2. The number of carboxylic acids is 1. The molecule has 2 aromatic carbocycles. The summed E-state index contributed by atoms with van der Waals surface area (Å²) < 4.78 is 31.3. The van der Waals surface area contributed by atoms with E-state index in [0.717, 1.165) is 66.3 Å². The van der Waals surface area contributed by atoms with Crippen molar-refractivity contribution in [1.29, 1.82) is 0 Å².